The van der Waals surface area contributed by atoms with Crippen LogP contribution in [0.1, 0.15) is 0 Å². The van der Waals surface area contributed by atoms with Crippen LogP contribution >= 0.6 is 11.3 Å². The smallest absolute Gasteiger partial charge is 0.136 e. The molecule has 0 spiro atoms. The molecule has 0 radical (unpaired) electrons. The molecule has 3 heteroatoms. The van der Waals surface area contributed by atoms with Gasteiger partial charge in [-0.3, -0.25) is 0 Å². The number of fused-ring (bicyclic) bond motifs is 9. The molecule has 2 nitrogen and oxygen atoms in total. The van der Waals surface area contributed by atoms with E-state index in [1.165, 1.54) is 86.2 Å². The van der Waals surface area contributed by atoms with Gasteiger partial charge >= 0.3 is 0 Å². The van der Waals surface area contributed by atoms with Crippen LogP contribution in [0, 0.1) is 0 Å². The molecule has 0 N–H and O–H groups in total. The third-order valence-corrected chi connectivity index (χ3v) is 12.5. The standard InChI is InChI=1S/C52H30O2S/c1-3-18-41-39(16-1)50(33-13-7-11-31(27-33)35-20-9-22-45-37(35)25-26-53-45)40-17-2-4-19-42(40)51(41)34-14-8-12-32(28-34)36-21-10-23-46-52(36)44-30-49-43(29-47(44)54-46)38-15-5-6-24-48(38)55-49/h1-30H. The molecule has 0 aliphatic rings. The molecule has 12 aromatic rings. The van der Waals surface area contributed by atoms with Gasteiger partial charge in [-0.15, -0.1) is 11.3 Å². The Morgan fingerprint density at radius 3 is 1.58 bits per heavy atom. The highest BCUT2D eigenvalue weighted by atomic mass is 32.1. The van der Waals surface area contributed by atoms with Gasteiger partial charge in [0, 0.05) is 36.3 Å². The van der Waals surface area contributed by atoms with E-state index < -0.39 is 0 Å². The summed E-state index contributed by atoms with van der Waals surface area (Å²) >= 11 is 1.85. The molecule has 3 aromatic heterocycles. The van der Waals surface area contributed by atoms with E-state index in [-0.39, 0.29) is 0 Å². The van der Waals surface area contributed by atoms with Crippen molar-refractivity contribution in [2.75, 3.05) is 0 Å². The Hall–Kier alpha value is -6.94. The summed E-state index contributed by atoms with van der Waals surface area (Å²) in [6.07, 6.45) is 1.77. The Morgan fingerprint density at radius 1 is 0.327 bits per heavy atom. The van der Waals surface area contributed by atoms with Gasteiger partial charge in [-0.1, -0.05) is 127 Å². The SMILES string of the molecule is c1cc(-c2cccc3occc23)cc(-c2c3ccccc3c(-c3cccc(-c4cccc5oc6cc7c(cc6c45)sc4ccccc47)c3)c3ccccc23)c1. The molecule has 0 saturated carbocycles. The van der Waals surface area contributed by atoms with Gasteiger partial charge in [0.05, 0.1) is 6.26 Å². The van der Waals surface area contributed by atoms with E-state index in [1.807, 2.05) is 17.4 Å². The number of hydrogen-bond acceptors (Lipinski definition) is 3. The second-order valence-corrected chi connectivity index (χ2v) is 15.4. The van der Waals surface area contributed by atoms with Gasteiger partial charge in [-0.05, 0) is 115 Å². The Bertz CT molecular complexity index is 3450. The third kappa shape index (κ3) is 4.60. The average molecular weight is 719 g/mol. The van der Waals surface area contributed by atoms with Crippen molar-refractivity contribution >= 4 is 86.0 Å². The van der Waals surface area contributed by atoms with Crippen molar-refractivity contribution in [1.29, 1.82) is 0 Å². The summed E-state index contributed by atoms with van der Waals surface area (Å²) in [5, 5.41) is 10.9. The van der Waals surface area contributed by atoms with Crippen molar-refractivity contribution in [2.45, 2.75) is 0 Å². The zero-order chi connectivity index (χ0) is 36.0. The largest absolute Gasteiger partial charge is 0.464 e. The van der Waals surface area contributed by atoms with E-state index in [0.717, 1.165) is 32.9 Å². The van der Waals surface area contributed by atoms with Crippen LogP contribution in [0.15, 0.2) is 191 Å². The van der Waals surface area contributed by atoms with Crippen LogP contribution in [0.3, 0.4) is 0 Å². The molecule has 256 valence electrons. The van der Waals surface area contributed by atoms with Crippen LogP contribution in [0.4, 0.5) is 0 Å². The van der Waals surface area contributed by atoms with Crippen LogP contribution in [0.2, 0.25) is 0 Å². The van der Waals surface area contributed by atoms with Crippen LogP contribution in [-0.2, 0) is 0 Å². The summed E-state index contributed by atoms with van der Waals surface area (Å²) in [5.41, 5.74) is 12.3. The van der Waals surface area contributed by atoms with Gasteiger partial charge in [-0.25, -0.2) is 0 Å². The molecule has 3 heterocycles. The lowest BCUT2D eigenvalue weighted by Crippen LogP contribution is -1.91. The summed E-state index contributed by atoms with van der Waals surface area (Å²) in [4.78, 5) is 0. The third-order valence-electron chi connectivity index (χ3n) is 11.3. The quantitative estimate of drug-likeness (QED) is 0.169. The number of thiophene rings is 1. The molecule has 0 fully saturated rings. The maximum absolute atomic E-state index is 6.58. The number of benzene rings is 9. The highest BCUT2D eigenvalue weighted by molar-refractivity contribution is 7.25. The second-order valence-electron chi connectivity index (χ2n) is 14.4. The van der Waals surface area contributed by atoms with Crippen molar-refractivity contribution in [3.63, 3.8) is 0 Å². The van der Waals surface area contributed by atoms with Crippen LogP contribution < -0.4 is 0 Å². The van der Waals surface area contributed by atoms with Gasteiger partial charge in [0.25, 0.3) is 0 Å². The van der Waals surface area contributed by atoms with Gasteiger partial charge in [-0.2, -0.15) is 0 Å². The van der Waals surface area contributed by atoms with Crippen LogP contribution in [-0.4, -0.2) is 0 Å². The minimum Gasteiger partial charge on any atom is -0.464 e. The summed E-state index contributed by atoms with van der Waals surface area (Å²) in [6, 6.07) is 63.8. The van der Waals surface area contributed by atoms with E-state index in [2.05, 4.69) is 170 Å². The molecular formula is C52H30O2S. The average Bonchev–Trinajstić information content (AvgIpc) is 3.97. The normalized spacial score (nSPS) is 12.0. The Labute approximate surface area is 320 Å². The summed E-state index contributed by atoms with van der Waals surface area (Å²) in [7, 11) is 0. The fourth-order valence-corrected chi connectivity index (χ4v) is 10.1. The van der Waals surface area contributed by atoms with Gasteiger partial charge < -0.3 is 8.83 Å². The van der Waals surface area contributed by atoms with Crippen molar-refractivity contribution in [3.8, 4) is 44.5 Å². The zero-order valence-electron chi connectivity index (χ0n) is 29.5. The minimum absolute atomic E-state index is 0.899. The molecule has 0 atom stereocenters. The summed E-state index contributed by atoms with van der Waals surface area (Å²) in [6.45, 7) is 0. The van der Waals surface area contributed by atoms with E-state index in [9.17, 15) is 0 Å². The predicted molar refractivity (Wildman–Crippen MR) is 233 cm³/mol. The fraction of sp³-hybridized carbons (Fsp3) is 0. The van der Waals surface area contributed by atoms with E-state index in [0.29, 0.717) is 0 Å². The molecule has 0 saturated heterocycles. The molecule has 9 aromatic carbocycles. The summed E-state index contributed by atoms with van der Waals surface area (Å²) < 4.78 is 14.9. The van der Waals surface area contributed by atoms with Crippen molar-refractivity contribution in [2.24, 2.45) is 0 Å². The first-order chi connectivity index (χ1) is 27.3. The van der Waals surface area contributed by atoms with E-state index in [1.54, 1.807) is 6.26 Å². The van der Waals surface area contributed by atoms with E-state index >= 15 is 0 Å². The topological polar surface area (TPSA) is 26.3 Å². The predicted octanol–water partition coefficient (Wildman–Crippen LogP) is 15.7. The molecule has 0 amide bonds. The monoisotopic (exact) mass is 718 g/mol. The minimum atomic E-state index is 0.899. The van der Waals surface area contributed by atoms with Crippen molar-refractivity contribution < 1.29 is 8.83 Å². The maximum atomic E-state index is 6.58. The Balaban J connectivity index is 1.06. The van der Waals surface area contributed by atoms with Gasteiger partial charge in [0.15, 0.2) is 0 Å². The van der Waals surface area contributed by atoms with Gasteiger partial charge in [0.1, 0.15) is 16.7 Å². The van der Waals surface area contributed by atoms with Gasteiger partial charge in [0.2, 0.25) is 0 Å². The summed E-state index contributed by atoms with van der Waals surface area (Å²) in [5.74, 6) is 0. The molecule has 0 aliphatic carbocycles. The van der Waals surface area contributed by atoms with E-state index in [4.69, 9.17) is 8.83 Å². The molecule has 55 heavy (non-hydrogen) atoms. The highest BCUT2D eigenvalue weighted by Crippen LogP contribution is 2.47. The number of furan rings is 2. The molecule has 0 bridgehead atoms. The zero-order valence-corrected chi connectivity index (χ0v) is 30.4. The first kappa shape index (κ1) is 30.5. The maximum Gasteiger partial charge on any atom is 0.136 e. The van der Waals surface area contributed by atoms with Crippen molar-refractivity contribution in [3.05, 3.63) is 182 Å². The Morgan fingerprint density at radius 2 is 0.891 bits per heavy atom. The first-order valence-electron chi connectivity index (χ1n) is 18.6. The van der Waals surface area contributed by atoms with Crippen molar-refractivity contribution in [1.82, 2.24) is 0 Å². The lowest BCUT2D eigenvalue weighted by atomic mass is 9.84. The molecule has 0 aliphatic heterocycles. The van der Waals surface area contributed by atoms with Crippen LogP contribution in [0.5, 0.6) is 0 Å². The molecule has 12 rings (SSSR count). The molecular weight excluding hydrogens is 689 g/mol. The first-order valence-corrected chi connectivity index (χ1v) is 19.5. The van der Waals surface area contributed by atoms with Crippen LogP contribution in [0.25, 0.3) is 119 Å². The second kappa shape index (κ2) is 11.8. The Kier molecular flexibility index (Phi) is 6.54. The lowest BCUT2D eigenvalue weighted by Gasteiger charge is -2.19. The molecule has 0 unspecified atom stereocenters. The number of hydrogen-bond donors (Lipinski definition) is 0. The lowest BCUT2D eigenvalue weighted by molar-refractivity contribution is 0.616. The number of rotatable bonds is 4. The highest BCUT2D eigenvalue weighted by Gasteiger charge is 2.20. The fourth-order valence-electron chi connectivity index (χ4n) is 8.97.